The summed E-state index contributed by atoms with van der Waals surface area (Å²) in [4.78, 5) is 20.9. The van der Waals surface area contributed by atoms with Crippen LogP contribution >= 0.6 is 0 Å². The SMILES string of the molecule is CCCCOC(=O)C(C#N)C=O.[H-].[K+]. The number of aldehydes is 1. The molecule has 0 saturated heterocycles. The Labute approximate surface area is 122 Å². The van der Waals surface area contributed by atoms with Crippen molar-refractivity contribution in [2.24, 2.45) is 5.92 Å². The average Bonchev–Trinajstić information content (AvgIpc) is 2.07. The first-order chi connectivity index (χ1) is 5.76. The first-order valence-corrected chi connectivity index (χ1v) is 3.77. The largest absolute Gasteiger partial charge is 1.00 e. The summed E-state index contributed by atoms with van der Waals surface area (Å²) in [5.41, 5.74) is 0. The molecule has 1 unspecified atom stereocenters. The summed E-state index contributed by atoms with van der Waals surface area (Å²) >= 11 is 0. The normalized spacial score (nSPS) is 10.5. The Bertz CT molecular complexity index is 205. The van der Waals surface area contributed by atoms with Crippen molar-refractivity contribution in [3.63, 3.8) is 0 Å². The maximum Gasteiger partial charge on any atom is 1.00 e. The summed E-state index contributed by atoms with van der Waals surface area (Å²) in [6, 6.07) is 1.54. The Hall–Kier alpha value is 0.266. The monoisotopic (exact) mass is 209 g/mol. The second kappa shape index (κ2) is 10.3. The fraction of sp³-hybridized carbons (Fsp3) is 0.625. The molecule has 0 radical (unpaired) electrons. The molecule has 0 aromatic heterocycles. The smallest absolute Gasteiger partial charge is 1.00 e. The maximum absolute atomic E-state index is 10.8. The standard InChI is InChI=1S/C8H11NO3.K.H/c1-2-3-4-12-8(11)7(5-9)6-10;;/h6-7H,2-4H2,1H3;;/q;+1;-1. The molecule has 0 aliphatic carbocycles. The van der Waals surface area contributed by atoms with Crippen molar-refractivity contribution in [1.29, 1.82) is 5.26 Å². The second-order valence-electron chi connectivity index (χ2n) is 2.26. The van der Waals surface area contributed by atoms with Crippen molar-refractivity contribution in [2.45, 2.75) is 19.8 Å². The molecule has 0 fully saturated rings. The van der Waals surface area contributed by atoms with E-state index in [1.807, 2.05) is 6.92 Å². The van der Waals surface area contributed by atoms with E-state index < -0.39 is 11.9 Å². The van der Waals surface area contributed by atoms with E-state index >= 15 is 0 Å². The molecular formula is C8H12KNO3. The molecule has 5 heteroatoms. The van der Waals surface area contributed by atoms with Crippen molar-refractivity contribution < 1.29 is 67.1 Å². The summed E-state index contributed by atoms with van der Waals surface area (Å²) in [7, 11) is 0. The molecule has 68 valence electrons. The number of nitrogens with zero attached hydrogens (tertiary/aromatic N) is 1. The van der Waals surface area contributed by atoms with Crippen LogP contribution in [0.15, 0.2) is 0 Å². The zero-order valence-corrected chi connectivity index (χ0v) is 11.1. The average molecular weight is 209 g/mol. The van der Waals surface area contributed by atoms with Crippen LogP contribution in [0.4, 0.5) is 0 Å². The van der Waals surface area contributed by atoms with Crippen molar-refractivity contribution in [3.05, 3.63) is 0 Å². The quantitative estimate of drug-likeness (QED) is 0.169. The van der Waals surface area contributed by atoms with Crippen LogP contribution in [-0.4, -0.2) is 18.9 Å². The molecule has 0 spiro atoms. The first-order valence-electron chi connectivity index (χ1n) is 3.77. The van der Waals surface area contributed by atoms with Crippen LogP contribution in [0.2, 0.25) is 0 Å². The number of unbranched alkanes of at least 4 members (excludes halogenated alkanes) is 1. The predicted octanol–water partition coefficient (Wildman–Crippen LogP) is -2.22. The Balaban J connectivity index is -0.000000605. The Morgan fingerprint density at radius 1 is 1.77 bits per heavy atom. The van der Waals surface area contributed by atoms with Crippen molar-refractivity contribution in [3.8, 4) is 6.07 Å². The number of hydrogen-bond acceptors (Lipinski definition) is 4. The number of carbonyl (C=O) groups is 2. The minimum Gasteiger partial charge on any atom is -1.00 e. The van der Waals surface area contributed by atoms with E-state index in [9.17, 15) is 9.59 Å². The van der Waals surface area contributed by atoms with Gasteiger partial charge in [0.25, 0.3) is 0 Å². The van der Waals surface area contributed by atoms with E-state index in [0.717, 1.165) is 12.8 Å². The van der Waals surface area contributed by atoms with Gasteiger partial charge in [-0.1, -0.05) is 13.3 Å². The number of ether oxygens (including phenoxy) is 1. The van der Waals surface area contributed by atoms with Gasteiger partial charge in [-0.2, -0.15) is 5.26 Å². The summed E-state index contributed by atoms with van der Waals surface area (Å²) in [6.45, 7) is 2.23. The zero-order chi connectivity index (χ0) is 9.40. The molecule has 0 rings (SSSR count). The number of rotatable bonds is 5. The van der Waals surface area contributed by atoms with Gasteiger partial charge in [-0.15, -0.1) is 0 Å². The van der Waals surface area contributed by atoms with Crippen LogP contribution < -0.4 is 51.4 Å². The number of nitriles is 1. The molecule has 0 N–H and O–H groups in total. The van der Waals surface area contributed by atoms with Gasteiger partial charge in [-0.05, 0) is 6.42 Å². The topological polar surface area (TPSA) is 67.2 Å². The summed E-state index contributed by atoms with van der Waals surface area (Å²) in [5, 5.41) is 8.27. The molecular weight excluding hydrogens is 197 g/mol. The van der Waals surface area contributed by atoms with Gasteiger partial charge >= 0.3 is 57.4 Å². The van der Waals surface area contributed by atoms with Crippen LogP contribution in [0.3, 0.4) is 0 Å². The second-order valence-corrected chi connectivity index (χ2v) is 2.26. The Morgan fingerprint density at radius 2 is 2.38 bits per heavy atom. The van der Waals surface area contributed by atoms with E-state index in [-0.39, 0.29) is 65.7 Å². The van der Waals surface area contributed by atoms with Gasteiger partial charge in [0.15, 0.2) is 5.92 Å². The molecule has 0 bridgehead atoms. The molecule has 0 aliphatic rings. The molecule has 13 heavy (non-hydrogen) atoms. The fourth-order valence-electron chi connectivity index (χ4n) is 0.546. The zero-order valence-electron chi connectivity index (χ0n) is 8.95. The van der Waals surface area contributed by atoms with Gasteiger partial charge in [0.1, 0.15) is 6.29 Å². The third-order valence-electron chi connectivity index (χ3n) is 1.27. The van der Waals surface area contributed by atoms with Gasteiger partial charge in [-0.25, -0.2) is 0 Å². The minimum atomic E-state index is -1.26. The van der Waals surface area contributed by atoms with Crippen molar-refractivity contribution in [2.75, 3.05) is 6.61 Å². The van der Waals surface area contributed by atoms with Gasteiger partial charge in [0, 0.05) is 0 Å². The van der Waals surface area contributed by atoms with Gasteiger partial charge < -0.3 is 11.0 Å². The number of esters is 1. The van der Waals surface area contributed by atoms with E-state index in [0.29, 0.717) is 0 Å². The minimum absolute atomic E-state index is 0. The van der Waals surface area contributed by atoms with E-state index in [1.165, 1.54) is 6.07 Å². The molecule has 0 amide bonds. The van der Waals surface area contributed by atoms with Crippen LogP contribution in [0, 0.1) is 17.2 Å². The van der Waals surface area contributed by atoms with Crippen LogP contribution in [0.1, 0.15) is 21.2 Å². The molecule has 0 aromatic carbocycles. The fourth-order valence-corrected chi connectivity index (χ4v) is 0.546. The van der Waals surface area contributed by atoms with E-state index in [1.54, 1.807) is 0 Å². The summed E-state index contributed by atoms with van der Waals surface area (Å²) in [5.74, 6) is -2.01. The van der Waals surface area contributed by atoms with Gasteiger partial charge in [0.2, 0.25) is 0 Å². The van der Waals surface area contributed by atoms with Gasteiger partial charge in [0.05, 0.1) is 12.7 Å². The molecule has 0 heterocycles. The number of carbonyl (C=O) groups excluding carboxylic acids is 2. The molecule has 1 atom stereocenters. The van der Waals surface area contributed by atoms with Crippen LogP contribution in [0.5, 0.6) is 0 Å². The van der Waals surface area contributed by atoms with E-state index in [2.05, 4.69) is 4.74 Å². The predicted molar refractivity (Wildman–Crippen MR) is 42.1 cm³/mol. The molecule has 0 aromatic rings. The summed E-state index contributed by atoms with van der Waals surface area (Å²) in [6.07, 6.45) is 1.95. The summed E-state index contributed by atoms with van der Waals surface area (Å²) < 4.78 is 4.63. The molecule has 0 aliphatic heterocycles. The van der Waals surface area contributed by atoms with Crippen molar-refractivity contribution >= 4 is 12.3 Å². The van der Waals surface area contributed by atoms with Crippen molar-refractivity contribution in [1.82, 2.24) is 0 Å². The van der Waals surface area contributed by atoms with E-state index in [4.69, 9.17) is 5.26 Å². The van der Waals surface area contributed by atoms with Crippen LogP contribution in [-0.2, 0) is 14.3 Å². The molecule has 4 nitrogen and oxygen atoms in total. The number of hydrogen-bond donors (Lipinski definition) is 0. The Kier molecular flexibility index (Phi) is 12.5. The van der Waals surface area contributed by atoms with Gasteiger partial charge in [-0.3, -0.25) is 4.79 Å². The first kappa shape index (κ1) is 15.7. The molecule has 0 saturated carbocycles. The third kappa shape index (κ3) is 7.35. The van der Waals surface area contributed by atoms with Crippen LogP contribution in [0.25, 0.3) is 0 Å². The third-order valence-corrected chi connectivity index (χ3v) is 1.27. The Morgan fingerprint density at radius 3 is 2.77 bits per heavy atom. The maximum atomic E-state index is 10.8.